The smallest absolute Gasteiger partial charge is 0.302 e. The fraction of sp³-hybridized carbons (Fsp3) is 0.818. The van der Waals surface area contributed by atoms with Crippen LogP contribution >= 0.6 is 0 Å². The summed E-state index contributed by atoms with van der Waals surface area (Å²) in [6.45, 7) is 9.38. The minimum absolute atomic E-state index is 0.0689. The molecule has 4 saturated carbocycles. The molecule has 160 valence electrons. The quantitative estimate of drug-likeness (QED) is 0.439. The molecule has 2 saturated heterocycles. The molecule has 6 fully saturated rings. The van der Waals surface area contributed by atoms with E-state index >= 15 is 0 Å². The van der Waals surface area contributed by atoms with Gasteiger partial charge >= 0.3 is 5.97 Å². The Morgan fingerprint density at radius 3 is 2.59 bits per heavy atom. The Morgan fingerprint density at radius 2 is 1.93 bits per heavy atom. The first-order valence-electron chi connectivity index (χ1n) is 10.6. The van der Waals surface area contributed by atoms with Crippen molar-refractivity contribution < 1.29 is 34.4 Å². The molecule has 6 rings (SSSR count). The predicted octanol–water partition coefficient (Wildman–Crippen LogP) is 0.946. The molecular formula is C22H30O7. The van der Waals surface area contributed by atoms with Crippen LogP contribution in [-0.4, -0.2) is 57.8 Å². The summed E-state index contributed by atoms with van der Waals surface area (Å²) in [5.41, 5.74) is -2.57. The highest BCUT2D eigenvalue weighted by atomic mass is 16.6. The molecule has 0 aromatic heterocycles. The van der Waals surface area contributed by atoms with Crippen molar-refractivity contribution in [2.75, 3.05) is 6.61 Å². The van der Waals surface area contributed by atoms with Crippen LogP contribution in [0.2, 0.25) is 0 Å². The topological polar surface area (TPSA) is 113 Å². The van der Waals surface area contributed by atoms with Crippen LogP contribution in [0.3, 0.4) is 0 Å². The monoisotopic (exact) mass is 406 g/mol. The highest BCUT2D eigenvalue weighted by molar-refractivity contribution is 6.05. The average molecular weight is 406 g/mol. The number of fused-ring (bicyclic) bond motifs is 2. The molecule has 2 spiro atoms. The van der Waals surface area contributed by atoms with E-state index in [2.05, 4.69) is 6.58 Å². The van der Waals surface area contributed by atoms with Gasteiger partial charge in [0.2, 0.25) is 5.79 Å². The lowest BCUT2D eigenvalue weighted by Crippen LogP contribution is -2.85. The van der Waals surface area contributed by atoms with E-state index in [1.165, 1.54) is 6.92 Å². The van der Waals surface area contributed by atoms with Crippen LogP contribution in [0, 0.1) is 34.0 Å². The van der Waals surface area contributed by atoms with E-state index in [1.54, 1.807) is 0 Å². The van der Waals surface area contributed by atoms with Crippen LogP contribution in [0.4, 0.5) is 0 Å². The second-order valence-electron chi connectivity index (χ2n) is 10.6. The van der Waals surface area contributed by atoms with Crippen molar-refractivity contribution in [3.63, 3.8) is 0 Å². The van der Waals surface area contributed by atoms with Gasteiger partial charge in [0.05, 0.1) is 12.7 Å². The summed E-state index contributed by atoms with van der Waals surface area (Å²) < 4.78 is 11.6. The number of aliphatic hydroxyl groups is 3. The van der Waals surface area contributed by atoms with Crippen LogP contribution in [-0.2, 0) is 19.1 Å². The number of Topliss-reactive ketones (excluding diaryl/α,β-unsaturated/α-hetero) is 1. The Bertz CT molecular complexity index is 820. The van der Waals surface area contributed by atoms with Crippen molar-refractivity contribution in [3.05, 3.63) is 12.2 Å². The van der Waals surface area contributed by atoms with Crippen molar-refractivity contribution in [1.82, 2.24) is 0 Å². The summed E-state index contributed by atoms with van der Waals surface area (Å²) in [7, 11) is 0. The number of esters is 1. The first-order chi connectivity index (χ1) is 13.5. The molecule has 7 nitrogen and oxygen atoms in total. The number of ketones is 1. The number of ether oxygens (including phenoxy) is 2. The molecule has 7 heteroatoms. The zero-order valence-electron chi connectivity index (χ0n) is 17.2. The number of hydrogen-bond donors (Lipinski definition) is 3. The van der Waals surface area contributed by atoms with Crippen LogP contribution in [0.5, 0.6) is 0 Å². The lowest BCUT2D eigenvalue weighted by Gasteiger charge is -2.74. The first kappa shape index (κ1) is 19.7. The summed E-state index contributed by atoms with van der Waals surface area (Å²) in [5.74, 6) is -4.46. The van der Waals surface area contributed by atoms with Gasteiger partial charge in [0.25, 0.3) is 0 Å². The van der Waals surface area contributed by atoms with Gasteiger partial charge in [-0.05, 0) is 42.6 Å². The van der Waals surface area contributed by atoms with Crippen molar-refractivity contribution in [1.29, 1.82) is 0 Å². The number of rotatable bonds is 1. The van der Waals surface area contributed by atoms with Crippen LogP contribution in [0.1, 0.15) is 46.5 Å². The van der Waals surface area contributed by atoms with Crippen LogP contribution in [0.25, 0.3) is 0 Å². The highest BCUT2D eigenvalue weighted by Gasteiger charge is 2.87. The third-order valence-corrected chi connectivity index (χ3v) is 9.14. The fourth-order valence-electron chi connectivity index (χ4n) is 8.22. The van der Waals surface area contributed by atoms with Crippen molar-refractivity contribution in [3.8, 4) is 0 Å². The van der Waals surface area contributed by atoms with Gasteiger partial charge in [-0.2, -0.15) is 0 Å². The molecule has 0 amide bonds. The fourth-order valence-corrected chi connectivity index (χ4v) is 8.22. The second kappa shape index (κ2) is 5.49. The van der Waals surface area contributed by atoms with Crippen molar-refractivity contribution in [2.45, 2.75) is 70.6 Å². The van der Waals surface area contributed by atoms with E-state index in [0.717, 1.165) is 0 Å². The normalized spacial score (nSPS) is 54.7. The van der Waals surface area contributed by atoms with E-state index in [1.807, 2.05) is 13.8 Å². The lowest BCUT2D eigenvalue weighted by atomic mass is 9.35. The molecule has 4 bridgehead atoms. The minimum atomic E-state index is -2.19. The number of carbonyl (C=O) groups excluding carboxylic acids is 2. The maximum atomic E-state index is 13.7. The summed E-state index contributed by atoms with van der Waals surface area (Å²) in [6.07, 6.45) is -0.723. The molecular weight excluding hydrogens is 376 g/mol. The molecule has 2 heterocycles. The number of carbonyl (C=O) groups is 2. The first-order valence-corrected chi connectivity index (χ1v) is 10.6. The second-order valence-corrected chi connectivity index (χ2v) is 10.6. The number of aliphatic hydroxyl groups excluding tert-OH is 2. The van der Waals surface area contributed by atoms with Gasteiger partial charge in [-0.1, -0.05) is 20.4 Å². The third kappa shape index (κ3) is 1.86. The van der Waals surface area contributed by atoms with Gasteiger partial charge in [-0.25, -0.2) is 0 Å². The summed E-state index contributed by atoms with van der Waals surface area (Å²) in [4.78, 5) is 25.6. The lowest BCUT2D eigenvalue weighted by molar-refractivity contribution is -0.458. The van der Waals surface area contributed by atoms with E-state index < -0.39 is 64.4 Å². The molecule has 4 aliphatic carbocycles. The van der Waals surface area contributed by atoms with Gasteiger partial charge in [0.15, 0.2) is 5.78 Å². The molecule has 2 aliphatic heterocycles. The van der Waals surface area contributed by atoms with Crippen LogP contribution in [0.15, 0.2) is 12.2 Å². The van der Waals surface area contributed by atoms with E-state index in [4.69, 9.17) is 9.47 Å². The largest absolute Gasteiger partial charge is 0.461 e. The minimum Gasteiger partial charge on any atom is -0.461 e. The van der Waals surface area contributed by atoms with Gasteiger partial charge in [-0.15, -0.1) is 0 Å². The Labute approximate surface area is 170 Å². The highest BCUT2D eigenvalue weighted by Crippen LogP contribution is 2.76. The molecule has 3 N–H and O–H groups in total. The van der Waals surface area contributed by atoms with E-state index in [9.17, 15) is 24.9 Å². The van der Waals surface area contributed by atoms with Gasteiger partial charge in [0.1, 0.15) is 17.6 Å². The molecule has 0 aromatic carbocycles. The Kier molecular flexibility index (Phi) is 3.73. The summed E-state index contributed by atoms with van der Waals surface area (Å²) in [6, 6.07) is 0. The zero-order valence-corrected chi connectivity index (χ0v) is 17.2. The molecule has 29 heavy (non-hydrogen) atoms. The predicted molar refractivity (Wildman–Crippen MR) is 100 cm³/mol. The number of hydrogen-bond acceptors (Lipinski definition) is 7. The SMILES string of the molecule is C=C1C(=O)[C@@]23C(CC[C@@H]1[C@H]2OC(C)=O)[C@@]12COC3(O)[C@@H](O)C1C(C)(C)CC[C@@H]2O. The van der Waals surface area contributed by atoms with Gasteiger partial charge in [-0.3, -0.25) is 9.59 Å². The Hall–Kier alpha value is -1.28. The molecule has 0 radical (unpaired) electrons. The third-order valence-electron chi connectivity index (χ3n) is 9.14. The summed E-state index contributed by atoms with van der Waals surface area (Å²) >= 11 is 0. The Balaban J connectivity index is 1.80. The average Bonchev–Trinajstić information content (AvgIpc) is 2.75. The summed E-state index contributed by atoms with van der Waals surface area (Å²) in [5, 5.41) is 34.7. The van der Waals surface area contributed by atoms with Crippen molar-refractivity contribution in [2.24, 2.45) is 34.0 Å². The van der Waals surface area contributed by atoms with Gasteiger partial charge in [0, 0.05) is 24.2 Å². The maximum absolute atomic E-state index is 13.7. The molecule has 9 atom stereocenters. The molecule has 6 aliphatic rings. The van der Waals surface area contributed by atoms with Crippen molar-refractivity contribution >= 4 is 11.8 Å². The maximum Gasteiger partial charge on any atom is 0.302 e. The Morgan fingerprint density at radius 1 is 1.24 bits per heavy atom. The van der Waals surface area contributed by atoms with Gasteiger partial charge < -0.3 is 24.8 Å². The van der Waals surface area contributed by atoms with Crippen LogP contribution < -0.4 is 0 Å². The standard InChI is InChI=1S/C22H30O7/c1-10-12-5-6-13-20-9-28-22(27,21(13,16(10)25)18(12)29-11(2)23)17(26)15(20)19(3,4)8-7-14(20)24/h12-15,17-18,24,26-27H,1,5-9H2,2-4H3/t12-,13?,14-,15?,17-,18+,20+,21-,22?/m0/s1. The van der Waals surface area contributed by atoms with E-state index in [0.29, 0.717) is 31.3 Å². The van der Waals surface area contributed by atoms with E-state index in [-0.39, 0.29) is 12.0 Å². The molecule has 3 unspecified atom stereocenters. The molecule has 0 aromatic rings. The zero-order chi connectivity index (χ0) is 21.1.